The van der Waals surface area contributed by atoms with E-state index in [1.807, 2.05) is 0 Å². The maximum atomic E-state index is 10.8. The van der Waals surface area contributed by atoms with Gasteiger partial charge >= 0.3 is 11.9 Å². The molecule has 0 amide bonds. The number of halogens is 1. The van der Waals surface area contributed by atoms with Gasteiger partial charge in [0.1, 0.15) is 0 Å². The van der Waals surface area contributed by atoms with E-state index in [9.17, 15) is 14.7 Å². The first-order chi connectivity index (χ1) is 8.41. The number of aliphatic carboxylic acids is 2. The third-order valence-corrected chi connectivity index (χ3v) is 2.48. The molecule has 0 saturated heterocycles. The van der Waals surface area contributed by atoms with Crippen LogP contribution in [0.1, 0.15) is 11.6 Å². The standard InChI is InChI=1S/C11H12ClNO5/c12-7-3-1-2-6(4-7)9(10(16)11(17)18)13-5-8(14)15/h1-4,9-10,13,16H,5H2,(H,14,15)(H,17,18). The number of carboxylic acids is 2. The molecule has 6 nitrogen and oxygen atoms in total. The van der Waals surface area contributed by atoms with Crippen LogP contribution in [0.25, 0.3) is 0 Å². The van der Waals surface area contributed by atoms with Crippen LogP contribution in [-0.2, 0) is 9.59 Å². The number of nitrogens with one attached hydrogen (secondary N) is 1. The van der Waals surface area contributed by atoms with Crippen molar-refractivity contribution in [3.8, 4) is 0 Å². The van der Waals surface area contributed by atoms with Crippen molar-refractivity contribution in [3.63, 3.8) is 0 Å². The van der Waals surface area contributed by atoms with Crippen LogP contribution >= 0.6 is 11.6 Å². The Morgan fingerprint density at radius 1 is 1.33 bits per heavy atom. The molecule has 0 aliphatic carbocycles. The summed E-state index contributed by atoms with van der Waals surface area (Å²) in [5, 5.41) is 29.7. The molecule has 7 heteroatoms. The Kier molecular flexibility index (Phi) is 5.08. The van der Waals surface area contributed by atoms with Gasteiger partial charge in [-0.05, 0) is 17.7 Å². The summed E-state index contributed by atoms with van der Waals surface area (Å²) in [6.07, 6.45) is -1.76. The van der Waals surface area contributed by atoms with E-state index >= 15 is 0 Å². The molecule has 18 heavy (non-hydrogen) atoms. The van der Waals surface area contributed by atoms with Crippen LogP contribution in [0.3, 0.4) is 0 Å². The van der Waals surface area contributed by atoms with Crippen LogP contribution in [0.15, 0.2) is 24.3 Å². The topological polar surface area (TPSA) is 107 Å². The minimum Gasteiger partial charge on any atom is -0.480 e. The van der Waals surface area contributed by atoms with Crippen LogP contribution in [0.5, 0.6) is 0 Å². The monoisotopic (exact) mass is 273 g/mol. The van der Waals surface area contributed by atoms with Crippen molar-refractivity contribution in [2.45, 2.75) is 12.1 Å². The zero-order valence-electron chi connectivity index (χ0n) is 9.21. The highest BCUT2D eigenvalue weighted by Gasteiger charge is 2.27. The molecule has 0 aromatic heterocycles. The predicted octanol–water partition coefficient (Wildman–Crippen LogP) is 0.501. The van der Waals surface area contributed by atoms with Crippen molar-refractivity contribution >= 4 is 23.5 Å². The normalized spacial score (nSPS) is 13.9. The van der Waals surface area contributed by atoms with Crippen molar-refractivity contribution in [2.75, 3.05) is 6.54 Å². The highest BCUT2D eigenvalue weighted by atomic mass is 35.5. The van der Waals surface area contributed by atoms with E-state index in [-0.39, 0.29) is 0 Å². The molecule has 2 atom stereocenters. The molecular formula is C11H12ClNO5. The zero-order valence-corrected chi connectivity index (χ0v) is 9.96. The van der Waals surface area contributed by atoms with Gasteiger partial charge in [0.15, 0.2) is 6.10 Å². The van der Waals surface area contributed by atoms with Gasteiger partial charge in [0, 0.05) is 5.02 Å². The highest BCUT2D eigenvalue weighted by molar-refractivity contribution is 6.30. The number of carboxylic acid groups (broad SMARTS) is 2. The number of aliphatic hydroxyl groups is 1. The van der Waals surface area contributed by atoms with E-state index in [1.54, 1.807) is 18.2 Å². The van der Waals surface area contributed by atoms with Crippen LogP contribution < -0.4 is 5.32 Å². The van der Waals surface area contributed by atoms with E-state index < -0.39 is 30.6 Å². The Balaban J connectivity index is 2.96. The summed E-state index contributed by atoms with van der Waals surface area (Å²) in [6, 6.07) is 5.15. The average molecular weight is 274 g/mol. The number of hydrogen-bond acceptors (Lipinski definition) is 4. The van der Waals surface area contributed by atoms with Crippen LogP contribution in [0.2, 0.25) is 5.02 Å². The number of hydrogen-bond donors (Lipinski definition) is 4. The summed E-state index contributed by atoms with van der Waals surface area (Å²) < 4.78 is 0. The lowest BCUT2D eigenvalue weighted by molar-refractivity contribution is -0.149. The first kappa shape index (κ1) is 14.4. The van der Waals surface area contributed by atoms with Gasteiger partial charge in [-0.3, -0.25) is 10.1 Å². The minimum atomic E-state index is -1.76. The molecule has 1 rings (SSSR count). The first-order valence-corrected chi connectivity index (χ1v) is 5.41. The van der Waals surface area contributed by atoms with E-state index in [1.165, 1.54) is 6.07 Å². The fraction of sp³-hybridized carbons (Fsp3) is 0.273. The van der Waals surface area contributed by atoms with Crippen molar-refractivity contribution in [1.29, 1.82) is 0 Å². The first-order valence-electron chi connectivity index (χ1n) is 5.03. The summed E-state index contributed by atoms with van der Waals surface area (Å²) in [5.74, 6) is -2.60. The van der Waals surface area contributed by atoms with Crippen LogP contribution in [0.4, 0.5) is 0 Å². The van der Waals surface area contributed by atoms with Crippen molar-refractivity contribution < 1.29 is 24.9 Å². The second-order valence-corrected chi connectivity index (χ2v) is 4.03. The third-order valence-electron chi connectivity index (χ3n) is 2.25. The Hall–Kier alpha value is -1.63. The van der Waals surface area contributed by atoms with E-state index in [0.717, 1.165) is 0 Å². The smallest absolute Gasteiger partial charge is 0.334 e. The fourth-order valence-corrected chi connectivity index (χ4v) is 1.65. The summed E-state index contributed by atoms with van der Waals surface area (Å²) in [4.78, 5) is 21.3. The highest BCUT2D eigenvalue weighted by Crippen LogP contribution is 2.20. The summed E-state index contributed by atoms with van der Waals surface area (Å²) in [5.41, 5.74) is 0.402. The molecule has 2 unspecified atom stereocenters. The Morgan fingerprint density at radius 2 is 2.00 bits per heavy atom. The molecule has 0 aliphatic heterocycles. The minimum absolute atomic E-state index is 0.368. The number of rotatable bonds is 6. The number of aliphatic hydroxyl groups excluding tert-OH is 1. The van der Waals surface area contributed by atoms with Gasteiger partial charge in [0.05, 0.1) is 12.6 Å². The molecule has 0 bridgehead atoms. The van der Waals surface area contributed by atoms with Gasteiger partial charge in [0.25, 0.3) is 0 Å². The van der Waals surface area contributed by atoms with Crippen molar-refractivity contribution in [2.24, 2.45) is 0 Å². The molecule has 1 aromatic rings. The molecule has 0 aliphatic rings. The molecule has 0 fully saturated rings. The molecular weight excluding hydrogens is 262 g/mol. The van der Waals surface area contributed by atoms with Crippen LogP contribution in [0, 0.1) is 0 Å². The number of carbonyl (C=O) groups is 2. The van der Waals surface area contributed by atoms with E-state index in [0.29, 0.717) is 10.6 Å². The molecule has 1 aromatic carbocycles. The molecule has 0 radical (unpaired) electrons. The Morgan fingerprint density at radius 3 is 2.50 bits per heavy atom. The van der Waals surface area contributed by atoms with Gasteiger partial charge < -0.3 is 15.3 Å². The summed E-state index contributed by atoms with van der Waals surface area (Å²) in [6.45, 7) is -0.471. The molecule has 0 spiro atoms. The summed E-state index contributed by atoms with van der Waals surface area (Å²) >= 11 is 5.76. The predicted molar refractivity (Wildman–Crippen MR) is 63.5 cm³/mol. The van der Waals surface area contributed by atoms with Crippen LogP contribution in [-0.4, -0.2) is 39.9 Å². The van der Waals surface area contributed by atoms with Crippen molar-refractivity contribution in [1.82, 2.24) is 5.32 Å². The Bertz CT molecular complexity index is 451. The van der Waals surface area contributed by atoms with E-state index in [2.05, 4.69) is 5.32 Å². The lowest BCUT2D eigenvalue weighted by atomic mass is 10.0. The second kappa shape index (κ2) is 6.34. The lowest BCUT2D eigenvalue weighted by Gasteiger charge is -2.21. The maximum absolute atomic E-state index is 10.8. The molecule has 0 heterocycles. The Labute approximate surface area is 108 Å². The lowest BCUT2D eigenvalue weighted by Crippen LogP contribution is -2.39. The largest absolute Gasteiger partial charge is 0.480 e. The van der Waals surface area contributed by atoms with Gasteiger partial charge in [-0.15, -0.1) is 0 Å². The molecule has 0 saturated carbocycles. The van der Waals surface area contributed by atoms with Crippen molar-refractivity contribution in [3.05, 3.63) is 34.9 Å². The quantitative estimate of drug-likeness (QED) is 0.601. The SMILES string of the molecule is O=C(O)CNC(c1cccc(Cl)c1)C(O)C(=O)O. The number of benzene rings is 1. The average Bonchev–Trinajstić information content (AvgIpc) is 2.28. The fourth-order valence-electron chi connectivity index (χ4n) is 1.45. The molecule has 98 valence electrons. The third kappa shape index (κ3) is 3.99. The van der Waals surface area contributed by atoms with Gasteiger partial charge in [-0.2, -0.15) is 0 Å². The van der Waals surface area contributed by atoms with Gasteiger partial charge in [-0.1, -0.05) is 23.7 Å². The second-order valence-electron chi connectivity index (χ2n) is 3.59. The molecule has 4 N–H and O–H groups in total. The van der Waals surface area contributed by atoms with E-state index in [4.69, 9.17) is 21.8 Å². The van der Waals surface area contributed by atoms with Gasteiger partial charge in [0.2, 0.25) is 0 Å². The summed E-state index contributed by atoms with van der Waals surface area (Å²) in [7, 11) is 0. The zero-order chi connectivity index (χ0) is 13.7. The maximum Gasteiger partial charge on any atom is 0.334 e. The van der Waals surface area contributed by atoms with Gasteiger partial charge in [-0.25, -0.2) is 4.79 Å².